The molecule has 1 aromatic rings. The third kappa shape index (κ3) is 4.82. The van der Waals surface area contributed by atoms with E-state index in [2.05, 4.69) is 44.3 Å². The van der Waals surface area contributed by atoms with Gasteiger partial charge in [0.15, 0.2) is 0 Å². The minimum Gasteiger partial charge on any atom is -0.490 e. The fourth-order valence-electron chi connectivity index (χ4n) is 2.78. The van der Waals surface area contributed by atoms with Crippen LogP contribution in [0.2, 0.25) is 0 Å². The second-order valence-corrected chi connectivity index (χ2v) is 6.48. The maximum absolute atomic E-state index is 5.74. The van der Waals surface area contributed by atoms with Crippen LogP contribution in [0, 0.1) is 5.92 Å². The van der Waals surface area contributed by atoms with E-state index in [-0.39, 0.29) is 0 Å². The van der Waals surface area contributed by atoms with Gasteiger partial charge in [-0.15, -0.1) is 0 Å². The summed E-state index contributed by atoms with van der Waals surface area (Å²) in [5, 5.41) is 3.51. The van der Waals surface area contributed by atoms with Gasteiger partial charge in [0.1, 0.15) is 11.9 Å². The number of hydrogen-bond donors (Lipinski definition) is 1. The molecule has 0 bridgehead atoms. The molecule has 1 aromatic carbocycles. The lowest BCUT2D eigenvalue weighted by atomic mass is 10.0. The maximum Gasteiger partial charge on any atom is 0.123 e. The minimum absolute atomic E-state index is 0.354. The van der Waals surface area contributed by atoms with Crippen molar-refractivity contribution in [2.75, 3.05) is 13.1 Å². The Hall–Kier alpha value is -1.02. The first-order valence-corrected chi connectivity index (χ1v) is 8.14. The van der Waals surface area contributed by atoms with E-state index in [1.807, 2.05) is 0 Å². The summed E-state index contributed by atoms with van der Waals surface area (Å²) in [6.45, 7) is 8.96. The standard InChI is InChI=1S/C18H29NO/c1-14(2)13-19-10-6-4-5-7-16-8-9-18-17(12-16)11-15(3)20-18/h8-9,12,14-15,19H,4-7,10-11,13H2,1-3H3. The number of unbranched alkanes of at least 4 members (excludes halogenated alkanes) is 2. The fourth-order valence-corrected chi connectivity index (χ4v) is 2.78. The molecule has 2 nitrogen and oxygen atoms in total. The Morgan fingerprint density at radius 1 is 1.25 bits per heavy atom. The lowest BCUT2D eigenvalue weighted by Gasteiger charge is -2.07. The molecule has 0 saturated carbocycles. The molecule has 1 aliphatic rings. The van der Waals surface area contributed by atoms with Crippen molar-refractivity contribution in [2.24, 2.45) is 5.92 Å². The molecule has 1 aliphatic heterocycles. The van der Waals surface area contributed by atoms with Crippen molar-refractivity contribution >= 4 is 0 Å². The van der Waals surface area contributed by atoms with E-state index in [4.69, 9.17) is 4.74 Å². The molecule has 112 valence electrons. The summed E-state index contributed by atoms with van der Waals surface area (Å²) >= 11 is 0. The monoisotopic (exact) mass is 275 g/mol. The van der Waals surface area contributed by atoms with Gasteiger partial charge in [0, 0.05) is 6.42 Å². The van der Waals surface area contributed by atoms with E-state index < -0.39 is 0 Å². The van der Waals surface area contributed by atoms with Gasteiger partial charge in [0.2, 0.25) is 0 Å². The minimum atomic E-state index is 0.354. The normalized spacial score (nSPS) is 17.3. The van der Waals surface area contributed by atoms with Crippen LogP contribution >= 0.6 is 0 Å². The summed E-state index contributed by atoms with van der Waals surface area (Å²) in [7, 11) is 0. The Bertz CT molecular complexity index is 414. The predicted molar refractivity (Wildman–Crippen MR) is 85.5 cm³/mol. The van der Waals surface area contributed by atoms with Gasteiger partial charge in [-0.2, -0.15) is 0 Å². The molecule has 1 atom stereocenters. The lowest BCUT2D eigenvalue weighted by molar-refractivity contribution is 0.254. The molecule has 0 amide bonds. The zero-order chi connectivity index (χ0) is 14.4. The van der Waals surface area contributed by atoms with Gasteiger partial charge in [0.05, 0.1) is 0 Å². The van der Waals surface area contributed by atoms with Gasteiger partial charge in [-0.05, 0) is 62.4 Å². The second kappa shape index (κ2) is 7.68. The van der Waals surface area contributed by atoms with Crippen LogP contribution in [-0.2, 0) is 12.8 Å². The van der Waals surface area contributed by atoms with Crippen LogP contribution in [0.4, 0.5) is 0 Å². The molecule has 0 saturated heterocycles. The largest absolute Gasteiger partial charge is 0.490 e. The number of hydrogen-bond acceptors (Lipinski definition) is 2. The predicted octanol–water partition coefficient (Wildman–Crippen LogP) is 3.97. The second-order valence-electron chi connectivity index (χ2n) is 6.48. The highest BCUT2D eigenvalue weighted by Crippen LogP contribution is 2.29. The molecule has 1 N–H and O–H groups in total. The smallest absolute Gasteiger partial charge is 0.123 e. The summed E-state index contributed by atoms with van der Waals surface area (Å²) < 4.78 is 5.74. The van der Waals surface area contributed by atoms with Crippen molar-refractivity contribution in [2.45, 2.75) is 59.0 Å². The molecule has 0 fully saturated rings. The number of ether oxygens (including phenoxy) is 1. The number of fused-ring (bicyclic) bond motifs is 1. The van der Waals surface area contributed by atoms with Gasteiger partial charge < -0.3 is 10.1 Å². The zero-order valence-electron chi connectivity index (χ0n) is 13.2. The molecular formula is C18H29NO. The number of rotatable bonds is 8. The van der Waals surface area contributed by atoms with Crippen LogP contribution in [0.25, 0.3) is 0 Å². The third-order valence-corrected chi connectivity index (χ3v) is 3.83. The molecule has 0 aliphatic carbocycles. The molecule has 0 radical (unpaired) electrons. The van der Waals surface area contributed by atoms with E-state index in [0.29, 0.717) is 6.10 Å². The van der Waals surface area contributed by atoms with Gasteiger partial charge in [-0.25, -0.2) is 0 Å². The molecule has 20 heavy (non-hydrogen) atoms. The summed E-state index contributed by atoms with van der Waals surface area (Å²) in [6, 6.07) is 6.72. The molecule has 0 spiro atoms. The van der Waals surface area contributed by atoms with Crippen LogP contribution in [0.1, 0.15) is 51.2 Å². The molecule has 0 aromatic heterocycles. The summed E-state index contributed by atoms with van der Waals surface area (Å²) in [5.74, 6) is 1.85. The number of nitrogens with one attached hydrogen (secondary N) is 1. The van der Waals surface area contributed by atoms with Crippen molar-refractivity contribution in [1.82, 2.24) is 5.32 Å². The molecule has 2 rings (SSSR count). The van der Waals surface area contributed by atoms with E-state index >= 15 is 0 Å². The summed E-state index contributed by atoms with van der Waals surface area (Å²) in [6.07, 6.45) is 6.52. The first-order valence-electron chi connectivity index (χ1n) is 8.14. The van der Waals surface area contributed by atoms with Gasteiger partial charge in [-0.1, -0.05) is 32.4 Å². The Kier molecular flexibility index (Phi) is 5.90. The quantitative estimate of drug-likeness (QED) is 0.725. The van der Waals surface area contributed by atoms with E-state index in [1.54, 1.807) is 0 Å². The first kappa shape index (κ1) is 15.4. The molecule has 2 heteroatoms. The molecular weight excluding hydrogens is 246 g/mol. The Morgan fingerprint density at radius 2 is 2.10 bits per heavy atom. The van der Waals surface area contributed by atoms with Gasteiger partial charge in [-0.3, -0.25) is 0 Å². The van der Waals surface area contributed by atoms with Crippen molar-refractivity contribution in [3.63, 3.8) is 0 Å². The van der Waals surface area contributed by atoms with Crippen molar-refractivity contribution < 1.29 is 4.74 Å². The lowest BCUT2D eigenvalue weighted by Crippen LogP contribution is -2.20. The van der Waals surface area contributed by atoms with E-state index in [1.165, 1.54) is 36.8 Å². The van der Waals surface area contributed by atoms with E-state index in [9.17, 15) is 0 Å². The van der Waals surface area contributed by atoms with Crippen molar-refractivity contribution in [3.05, 3.63) is 29.3 Å². The third-order valence-electron chi connectivity index (χ3n) is 3.83. The van der Waals surface area contributed by atoms with Gasteiger partial charge >= 0.3 is 0 Å². The van der Waals surface area contributed by atoms with Crippen molar-refractivity contribution in [1.29, 1.82) is 0 Å². The topological polar surface area (TPSA) is 21.3 Å². The highest BCUT2D eigenvalue weighted by Gasteiger charge is 2.18. The van der Waals surface area contributed by atoms with Gasteiger partial charge in [0.25, 0.3) is 0 Å². The van der Waals surface area contributed by atoms with Crippen LogP contribution in [0.5, 0.6) is 5.75 Å². The van der Waals surface area contributed by atoms with Crippen LogP contribution < -0.4 is 10.1 Å². The fraction of sp³-hybridized carbons (Fsp3) is 0.667. The van der Waals surface area contributed by atoms with Crippen LogP contribution in [0.3, 0.4) is 0 Å². The Balaban J connectivity index is 1.62. The van der Waals surface area contributed by atoms with E-state index in [0.717, 1.165) is 31.2 Å². The molecule has 1 heterocycles. The average molecular weight is 275 g/mol. The SMILES string of the molecule is CC(C)CNCCCCCc1ccc2c(c1)CC(C)O2. The molecule has 1 unspecified atom stereocenters. The van der Waals surface area contributed by atoms with Crippen LogP contribution in [0.15, 0.2) is 18.2 Å². The first-order chi connectivity index (χ1) is 9.65. The van der Waals surface area contributed by atoms with Crippen LogP contribution in [-0.4, -0.2) is 19.2 Å². The highest BCUT2D eigenvalue weighted by atomic mass is 16.5. The number of benzene rings is 1. The maximum atomic E-state index is 5.74. The average Bonchev–Trinajstić information content (AvgIpc) is 2.76. The number of aryl methyl sites for hydroxylation is 1. The van der Waals surface area contributed by atoms with Crippen molar-refractivity contribution in [3.8, 4) is 5.75 Å². The Morgan fingerprint density at radius 3 is 2.90 bits per heavy atom. The summed E-state index contributed by atoms with van der Waals surface area (Å²) in [4.78, 5) is 0. The Labute approximate surface area is 123 Å². The zero-order valence-corrected chi connectivity index (χ0v) is 13.2. The summed E-state index contributed by atoms with van der Waals surface area (Å²) in [5.41, 5.74) is 2.87. The highest BCUT2D eigenvalue weighted by molar-refractivity contribution is 5.40.